The minimum Gasteiger partial charge on any atom is -0.311 e. The molecule has 3 rings (SSSR count). The van der Waals surface area contributed by atoms with Crippen molar-refractivity contribution in [2.24, 2.45) is 0 Å². The lowest BCUT2D eigenvalue weighted by molar-refractivity contribution is 0.590. The lowest BCUT2D eigenvalue weighted by Gasteiger charge is -2.27. The highest BCUT2D eigenvalue weighted by Crippen LogP contribution is 2.35. The van der Waals surface area contributed by atoms with Crippen LogP contribution in [0.3, 0.4) is 0 Å². The van der Waals surface area contributed by atoms with E-state index in [4.69, 9.17) is 7.85 Å². The van der Waals surface area contributed by atoms with Gasteiger partial charge in [-0.25, -0.2) is 0 Å². The van der Waals surface area contributed by atoms with Crippen molar-refractivity contribution in [3.8, 4) is 0 Å². The van der Waals surface area contributed by atoms with Gasteiger partial charge < -0.3 is 4.90 Å². The highest BCUT2D eigenvalue weighted by Gasteiger charge is 2.16. The Bertz CT molecular complexity index is 784. The van der Waals surface area contributed by atoms with Crippen LogP contribution in [-0.2, 0) is 5.41 Å². The molecule has 2 radical (unpaired) electrons. The Hall–Kier alpha value is -2.48. The van der Waals surface area contributed by atoms with E-state index in [1.165, 1.54) is 5.56 Å². The Morgan fingerprint density at radius 1 is 0.625 bits per heavy atom. The first-order chi connectivity index (χ1) is 11.4. The monoisotopic (exact) mass is 311 g/mol. The minimum atomic E-state index is 0.150. The lowest BCUT2D eigenvalue weighted by Crippen LogP contribution is -2.13. The number of benzene rings is 3. The second-order valence-corrected chi connectivity index (χ2v) is 7.06. The fourth-order valence-electron chi connectivity index (χ4n) is 2.76. The zero-order valence-corrected chi connectivity index (χ0v) is 14.5. The summed E-state index contributed by atoms with van der Waals surface area (Å²) in [6.07, 6.45) is 0. The smallest absolute Gasteiger partial charge is 0.113 e. The Morgan fingerprint density at radius 3 is 1.58 bits per heavy atom. The third-order valence-electron chi connectivity index (χ3n) is 4.16. The van der Waals surface area contributed by atoms with Gasteiger partial charge in [0.25, 0.3) is 0 Å². The summed E-state index contributed by atoms with van der Waals surface area (Å²) < 4.78 is 0. The predicted molar refractivity (Wildman–Crippen MR) is 105 cm³/mol. The number of hydrogen-bond donors (Lipinski definition) is 0. The molecule has 0 amide bonds. The first-order valence-corrected chi connectivity index (χ1v) is 8.26. The minimum absolute atomic E-state index is 0.150. The molecule has 0 atom stereocenters. The molecule has 0 aliphatic carbocycles. The van der Waals surface area contributed by atoms with E-state index in [0.29, 0.717) is 0 Å². The molecule has 0 aliphatic rings. The molecule has 0 aromatic heterocycles. The van der Waals surface area contributed by atoms with Crippen LogP contribution in [-0.4, -0.2) is 7.85 Å². The maximum Gasteiger partial charge on any atom is 0.113 e. The largest absolute Gasteiger partial charge is 0.311 e. The van der Waals surface area contributed by atoms with Gasteiger partial charge in [-0.1, -0.05) is 68.7 Å². The Kier molecular flexibility index (Phi) is 4.48. The summed E-state index contributed by atoms with van der Waals surface area (Å²) in [5, 5.41) is 0. The zero-order valence-electron chi connectivity index (χ0n) is 14.5. The van der Waals surface area contributed by atoms with E-state index in [0.717, 1.165) is 22.5 Å². The van der Waals surface area contributed by atoms with Crippen LogP contribution in [0.1, 0.15) is 26.3 Å². The molecule has 3 aromatic carbocycles. The van der Waals surface area contributed by atoms with Gasteiger partial charge in [0, 0.05) is 17.1 Å². The van der Waals surface area contributed by atoms with Gasteiger partial charge in [0.2, 0.25) is 0 Å². The van der Waals surface area contributed by atoms with Crippen molar-refractivity contribution in [1.29, 1.82) is 0 Å². The Morgan fingerprint density at radius 2 is 1.08 bits per heavy atom. The van der Waals surface area contributed by atoms with E-state index in [1.807, 2.05) is 18.2 Å². The maximum atomic E-state index is 5.85. The molecule has 0 aliphatic heterocycles. The summed E-state index contributed by atoms with van der Waals surface area (Å²) in [6, 6.07) is 27.2. The first kappa shape index (κ1) is 16.4. The topological polar surface area (TPSA) is 3.24 Å². The van der Waals surface area contributed by atoms with Crippen molar-refractivity contribution in [2.45, 2.75) is 26.2 Å². The van der Waals surface area contributed by atoms with Gasteiger partial charge in [-0.15, -0.1) is 0 Å². The van der Waals surface area contributed by atoms with E-state index >= 15 is 0 Å². The standard InChI is InChI=1S/C22H22BN/c1-22(2,3)17-9-13-20(14-10-17)24(19-7-5-4-6-8-19)21-15-11-18(23)12-16-21/h4-16H,1-3H3. The van der Waals surface area contributed by atoms with Crippen LogP contribution in [0, 0.1) is 0 Å². The predicted octanol–water partition coefficient (Wildman–Crippen LogP) is 5.25. The van der Waals surface area contributed by atoms with Crippen molar-refractivity contribution in [3.63, 3.8) is 0 Å². The molecule has 0 saturated heterocycles. The third kappa shape index (κ3) is 3.54. The third-order valence-corrected chi connectivity index (χ3v) is 4.16. The van der Waals surface area contributed by atoms with Gasteiger partial charge >= 0.3 is 0 Å². The van der Waals surface area contributed by atoms with Crippen LogP contribution < -0.4 is 10.4 Å². The van der Waals surface area contributed by atoms with Gasteiger partial charge in [0.05, 0.1) is 0 Å². The fraction of sp³-hybridized carbons (Fsp3) is 0.182. The number of anilines is 3. The van der Waals surface area contributed by atoms with Crippen LogP contribution in [0.25, 0.3) is 0 Å². The SMILES string of the molecule is [B]c1ccc(N(c2ccccc2)c2ccc(C(C)(C)C)cc2)cc1. The lowest BCUT2D eigenvalue weighted by atomic mass is 9.87. The molecule has 0 saturated carbocycles. The van der Waals surface area contributed by atoms with E-state index in [1.54, 1.807) is 0 Å². The van der Waals surface area contributed by atoms with Crippen LogP contribution in [0.4, 0.5) is 17.1 Å². The molecule has 0 N–H and O–H groups in total. The summed E-state index contributed by atoms with van der Waals surface area (Å²) in [5.74, 6) is 0. The summed E-state index contributed by atoms with van der Waals surface area (Å²) in [4.78, 5) is 2.24. The first-order valence-electron chi connectivity index (χ1n) is 8.26. The van der Waals surface area contributed by atoms with Crippen LogP contribution in [0.2, 0.25) is 0 Å². The van der Waals surface area contributed by atoms with Crippen molar-refractivity contribution in [3.05, 3.63) is 84.4 Å². The van der Waals surface area contributed by atoms with Gasteiger partial charge in [-0.3, -0.25) is 0 Å². The fourth-order valence-corrected chi connectivity index (χ4v) is 2.76. The summed E-state index contributed by atoms with van der Waals surface area (Å²) >= 11 is 0. The molecule has 0 heterocycles. The highest BCUT2D eigenvalue weighted by molar-refractivity contribution is 6.32. The molecule has 24 heavy (non-hydrogen) atoms. The average molecular weight is 311 g/mol. The average Bonchev–Trinajstić information content (AvgIpc) is 2.58. The quantitative estimate of drug-likeness (QED) is 0.597. The number of rotatable bonds is 3. The molecule has 2 heteroatoms. The molecule has 0 bridgehead atoms. The molecular weight excluding hydrogens is 289 g/mol. The van der Waals surface area contributed by atoms with Gasteiger partial charge in [-0.05, 0) is 47.4 Å². The summed E-state index contributed by atoms with van der Waals surface area (Å²) in [7, 11) is 5.85. The summed E-state index contributed by atoms with van der Waals surface area (Å²) in [5.41, 5.74) is 5.62. The summed E-state index contributed by atoms with van der Waals surface area (Å²) in [6.45, 7) is 6.70. The van der Waals surface area contributed by atoms with E-state index in [2.05, 4.69) is 86.3 Å². The van der Waals surface area contributed by atoms with E-state index < -0.39 is 0 Å². The van der Waals surface area contributed by atoms with Crippen molar-refractivity contribution in [2.75, 3.05) is 4.90 Å². The zero-order chi connectivity index (χ0) is 17.2. The molecule has 0 fully saturated rings. The molecule has 1 nitrogen and oxygen atoms in total. The Labute approximate surface area is 146 Å². The number of nitrogens with zero attached hydrogens (tertiary/aromatic N) is 1. The molecule has 0 spiro atoms. The number of hydrogen-bond acceptors (Lipinski definition) is 1. The highest BCUT2D eigenvalue weighted by atomic mass is 15.1. The van der Waals surface area contributed by atoms with E-state index in [9.17, 15) is 0 Å². The van der Waals surface area contributed by atoms with Crippen LogP contribution >= 0.6 is 0 Å². The van der Waals surface area contributed by atoms with Gasteiger partial charge in [0.15, 0.2) is 0 Å². The van der Waals surface area contributed by atoms with Crippen molar-refractivity contribution in [1.82, 2.24) is 0 Å². The second-order valence-electron chi connectivity index (χ2n) is 7.06. The van der Waals surface area contributed by atoms with Gasteiger partial charge in [0.1, 0.15) is 7.85 Å². The van der Waals surface area contributed by atoms with Crippen molar-refractivity contribution >= 4 is 30.4 Å². The van der Waals surface area contributed by atoms with Gasteiger partial charge in [-0.2, -0.15) is 0 Å². The normalized spacial score (nSPS) is 11.3. The van der Waals surface area contributed by atoms with Crippen LogP contribution in [0.5, 0.6) is 0 Å². The molecule has 0 unspecified atom stereocenters. The van der Waals surface area contributed by atoms with E-state index in [-0.39, 0.29) is 5.41 Å². The maximum absolute atomic E-state index is 5.85. The second kappa shape index (κ2) is 6.56. The molecule has 3 aromatic rings. The number of para-hydroxylation sites is 1. The molecular formula is C22H22BN. The van der Waals surface area contributed by atoms with Crippen LogP contribution in [0.15, 0.2) is 78.9 Å². The molecule has 118 valence electrons. The van der Waals surface area contributed by atoms with Crippen molar-refractivity contribution < 1.29 is 0 Å². The Balaban J connectivity index is 2.06.